The Morgan fingerprint density at radius 2 is 2.24 bits per heavy atom. The standard InChI is InChI=1S/C14H16ClN3O3/c1-3-4-18-8-10(7-17-18)21-13-11(14(19)20-2)5-9(16)6-12(13)15/h5-8H,3-4,16H2,1-2H3. The highest BCUT2D eigenvalue weighted by atomic mass is 35.5. The first-order valence-corrected chi connectivity index (χ1v) is 6.80. The molecule has 0 aliphatic carbocycles. The molecule has 0 aliphatic heterocycles. The molecule has 0 amide bonds. The average molecular weight is 310 g/mol. The average Bonchev–Trinajstić information content (AvgIpc) is 2.88. The van der Waals surface area contributed by atoms with Crippen molar-refractivity contribution in [2.45, 2.75) is 19.9 Å². The maximum atomic E-state index is 11.8. The van der Waals surface area contributed by atoms with Crippen molar-refractivity contribution in [2.75, 3.05) is 12.8 Å². The molecule has 2 aromatic rings. The molecule has 0 spiro atoms. The van der Waals surface area contributed by atoms with Gasteiger partial charge < -0.3 is 15.2 Å². The molecule has 0 radical (unpaired) electrons. The van der Waals surface area contributed by atoms with Gasteiger partial charge in [-0.2, -0.15) is 5.10 Å². The van der Waals surface area contributed by atoms with Crippen LogP contribution in [0.4, 0.5) is 5.69 Å². The first kappa shape index (κ1) is 15.2. The SMILES string of the molecule is CCCn1cc(Oc2c(Cl)cc(N)cc2C(=O)OC)cn1. The number of nitrogens with zero attached hydrogens (tertiary/aromatic N) is 2. The minimum Gasteiger partial charge on any atom is -0.465 e. The number of methoxy groups -OCH3 is 1. The number of carbonyl (C=O) groups excluding carboxylic acids is 1. The number of nitrogen functional groups attached to an aromatic ring is 1. The number of hydrogen-bond acceptors (Lipinski definition) is 5. The summed E-state index contributed by atoms with van der Waals surface area (Å²) in [4.78, 5) is 11.8. The van der Waals surface area contributed by atoms with E-state index >= 15 is 0 Å². The summed E-state index contributed by atoms with van der Waals surface area (Å²) in [6, 6.07) is 2.98. The third-order valence-electron chi connectivity index (χ3n) is 2.75. The van der Waals surface area contributed by atoms with Crippen LogP contribution in [0.15, 0.2) is 24.5 Å². The molecule has 0 bridgehead atoms. The zero-order chi connectivity index (χ0) is 15.4. The summed E-state index contributed by atoms with van der Waals surface area (Å²) in [7, 11) is 1.28. The van der Waals surface area contributed by atoms with Crippen LogP contribution in [0.1, 0.15) is 23.7 Å². The second kappa shape index (κ2) is 6.49. The van der Waals surface area contributed by atoms with Gasteiger partial charge in [-0.15, -0.1) is 0 Å². The number of carbonyl (C=O) groups is 1. The Labute approximate surface area is 127 Å². The van der Waals surface area contributed by atoms with Crippen LogP contribution in [0.25, 0.3) is 0 Å². The van der Waals surface area contributed by atoms with E-state index in [0.29, 0.717) is 11.4 Å². The van der Waals surface area contributed by atoms with Crippen LogP contribution in [-0.2, 0) is 11.3 Å². The molecule has 0 saturated carbocycles. The summed E-state index contributed by atoms with van der Waals surface area (Å²) in [5, 5.41) is 4.39. The smallest absolute Gasteiger partial charge is 0.341 e. The lowest BCUT2D eigenvalue weighted by Gasteiger charge is -2.11. The van der Waals surface area contributed by atoms with E-state index in [1.807, 2.05) is 0 Å². The van der Waals surface area contributed by atoms with E-state index in [1.54, 1.807) is 17.1 Å². The highest BCUT2D eigenvalue weighted by Crippen LogP contribution is 2.35. The van der Waals surface area contributed by atoms with E-state index in [2.05, 4.69) is 12.0 Å². The normalized spacial score (nSPS) is 10.4. The number of nitrogens with two attached hydrogens (primary N) is 1. The molecule has 0 fully saturated rings. The van der Waals surface area contributed by atoms with Gasteiger partial charge in [0.1, 0.15) is 5.56 Å². The Morgan fingerprint density at radius 3 is 2.90 bits per heavy atom. The number of rotatable bonds is 5. The molecule has 21 heavy (non-hydrogen) atoms. The maximum absolute atomic E-state index is 11.8. The van der Waals surface area contributed by atoms with Crippen molar-refractivity contribution in [3.05, 3.63) is 35.1 Å². The number of aryl methyl sites for hydroxylation is 1. The highest BCUT2D eigenvalue weighted by Gasteiger charge is 2.19. The second-order valence-corrected chi connectivity index (χ2v) is 4.82. The number of hydrogen-bond donors (Lipinski definition) is 1. The van der Waals surface area contributed by atoms with E-state index < -0.39 is 5.97 Å². The fourth-order valence-electron chi connectivity index (χ4n) is 1.85. The quantitative estimate of drug-likeness (QED) is 0.678. The van der Waals surface area contributed by atoms with Gasteiger partial charge in [0.25, 0.3) is 0 Å². The monoisotopic (exact) mass is 309 g/mol. The van der Waals surface area contributed by atoms with Crippen LogP contribution in [0.5, 0.6) is 11.5 Å². The first-order valence-electron chi connectivity index (χ1n) is 6.42. The summed E-state index contributed by atoms with van der Waals surface area (Å²) in [6.07, 6.45) is 4.25. The van der Waals surface area contributed by atoms with Gasteiger partial charge >= 0.3 is 5.97 Å². The van der Waals surface area contributed by atoms with Crippen LogP contribution in [0.3, 0.4) is 0 Å². The molecule has 0 atom stereocenters. The number of benzene rings is 1. The lowest BCUT2D eigenvalue weighted by molar-refractivity contribution is 0.0598. The molecule has 0 unspecified atom stereocenters. The van der Waals surface area contributed by atoms with E-state index in [0.717, 1.165) is 13.0 Å². The lowest BCUT2D eigenvalue weighted by atomic mass is 10.2. The van der Waals surface area contributed by atoms with Crippen molar-refractivity contribution < 1.29 is 14.3 Å². The van der Waals surface area contributed by atoms with Crippen LogP contribution >= 0.6 is 11.6 Å². The van der Waals surface area contributed by atoms with E-state index in [1.165, 1.54) is 19.2 Å². The van der Waals surface area contributed by atoms with Gasteiger partial charge in [-0.1, -0.05) is 18.5 Å². The molecule has 2 rings (SSSR count). The van der Waals surface area contributed by atoms with Gasteiger partial charge in [-0.05, 0) is 18.6 Å². The van der Waals surface area contributed by atoms with Crippen LogP contribution in [0.2, 0.25) is 5.02 Å². The maximum Gasteiger partial charge on any atom is 0.341 e. The van der Waals surface area contributed by atoms with Crippen molar-refractivity contribution in [3.8, 4) is 11.5 Å². The Hall–Kier alpha value is -2.21. The van der Waals surface area contributed by atoms with Crippen LogP contribution in [-0.4, -0.2) is 22.9 Å². The summed E-state index contributed by atoms with van der Waals surface area (Å²) in [6.45, 7) is 2.83. The molecule has 1 aromatic carbocycles. The lowest BCUT2D eigenvalue weighted by Crippen LogP contribution is -2.05. The molecule has 2 N–H and O–H groups in total. The fraction of sp³-hybridized carbons (Fsp3) is 0.286. The number of ether oxygens (including phenoxy) is 2. The van der Waals surface area contributed by atoms with Gasteiger partial charge in [0.2, 0.25) is 0 Å². The van der Waals surface area contributed by atoms with Crippen molar-refractivity contribution in [1.29, 1.82) is 0 Å². The third kappa shape index (κ3) is 3.46. The second-order valence-electron chi connectivity index (χ2n) is 4.41. The first-order chi connectivity index (χ1) is 10.0. The molecular formula is C14H16ClN3O3. The number of halogens is 1. The van der Waals surface area contributed by atoms with Gasteiger partial charge in [0.15, 0.2) is 11.5 Å². The van der Waals surface area contributed by atoms with E-state index in [9.17, 15) is 4.79 Å². The number of esters is 1. The molecule has 7 heteroatoms. The highest BCUT2D eigenvalue weighted by molar-refractivity contribution is 6.33. The van der Waals surface area contributed by atoms with Crippen LogP contribution in [0, 0.1) is 0 Å². The summed E-state index contributed by atoms with van der Waals surface area (Å²) in [5.41, 5.74) is 6.22. The van der Waals surface area contributed by atoms with Crippen molar-refractivity contribution >= 4 is 23.3 Å². The molecular weight excluding hydrogens is 294 g/mol. The number of aromatic nitrogens is 2. The zero-order valence-corrected chi connectivity index (χ0v) is 12.6. The Kier molecular flexibility index (Phi) is 4.70. The summed E-state index contributed by atoms with van der Waals surface area (Å²) >= 11 is 6.11. The van der Waals surface area contributed by atoms with Crippen LogP contribution < -0.4 is 10.5 Å². The van der Waals surface area contributed by atoms with Gasteiger partial charge in [-0.25, -0.2) is 4.79 Å². The largest absolute Gasteiger partial charge is 0.465 e. The van der Waals surface area contributed by atoms with Crippen molar-refractivity contribution in [1.82, 2.24) is 9.78 Å². The third-order valence-corrected chi connectivity index (χ3v) is 3.03. The predicted octanol–water partition coefficient (Wildman–Crippen LogP) is 3.11. The Morgan fingerprint density at radius 1 is 1.48 bits per heavy atom. The molecule has 6 nitrogen and oxygen atoms in total. The number of anilines is 1. The van der Waals surface area contributed by atoms with Gasteiger partial charge in [-0.3, -0.25) is 4.68 Å². The fourth-order valence-corrected chi connectivity index (χ4v) is 2.11. The summed E-state index contributed by atoms with van der Waals surface area (Å²) in [5.74, 6) is 0.120. The molecule has 112 valence electrons. The minimum absolute atomic E-state index is 0.172. The molecule has 0 aliphatic rings. The molecule has 1 aromatic heterocycles. The summed E-state index contributed by atoms with van der Waals surface area (Å²) < 4.78 is 12.1. The molecule has 0 saturated heterocycles. The van der Waals surface area contributed by atoms with E-state index in [4.69, 9.17) is 26.8 Å². The molecule has 1 heterocycles. The van der Waals surface area contributed by atoms with Gasteiger partial charge in [0, 0.05) is 12.2 Å². The van der Waals surface area contributed by atoms with Crippen molar-refractivity contribution in [2.24, 2.45) is 0 Å². The minimum atomic E-state index is -0.569. The zero-order valence-electron chi connectivity index (χ0n) is 11.8. The van der Waals surface area contributed by atoms with Gasteiger partial charge in [0.05, 0.1) is 24.5 Å². The Balaban J connectivity index is 2.35. The Bertz CT molecular complexity index is 655. The predicted molar refractivity (Wildman–Crippen MR) is 79.8 cm³/mol. The van der Waals surface area contributed by atoms with Crippen molar-refractivity contribution in [3.63, 3.8) is 0 Å². The topological polar surface area (TPSA) is 79.4 Å². The van der Waals surface area contributed by atoms with E-state index in [-0.39, 0.29) is 16.3 Å².